The zero-order chi connectivity index (χ0) is 27.6. The average Bonchev–Trinajstić information content (AvgIpc) is 2.88. The van der Waals surface area contributed by atoms with Crippen molar-refractivity contribution in [1.82, 2.24) is 10.3 Å². The Labute approximate surface area is 215 Å². The molecule has 9 heteroatoms. The molecule has 0 fully saturated rings. The molecule has 0 aliphatic carbocycles. The minimum absolute atomic E-state index is 0.0180. The summed E-state index contributed by atoms with van der Waals surface area (Å²) in [5, 5.41) is 2.84. The first kappa shape index (κ1) is 26.9. The third kappa shape index (κ3) is 5.88. The van der Waals surface area contributed by atoms with Crippen LogP contribution in [0.3, 0.4) is 0 Å². The van der Waals surface area contributed by atoms with Crippen molar-refractivity contribution in [3.05, 3.63) is 136 Å². The van der Waals surface area contributed by atoms with E-state index in [1.807, 2.05) is 0 Å². The van der Waals surface area contributed by atoms with Crippen molar-refractivity contribution < 1.29 is 31.1 Å². The van der Waals surface area contributed by atoms with Crippen LogP contribution < -0.4 is 5.32 Å². The number of pyridine rings is 1. The summed E-state index contributed by atoms with van der Waals surface area (Å²) in [5.74, 6) is -0.622. The van der Waals surface area contributed by atoms with Crippen LogP contribution >= 0.6 is 0 Å². The molecule has 0 saturated carbocycles. The molecule has 4 rings (SSSR count). The Morgan fingerprint density at radius 3 is 2.00 bits per heavy atom. The third-order valence-electron chi connectivity index (χ3n) is 6.13. The minimum Gasteiger partial charge on any atom is -0.337 e. The Morgan fingerprint density at radius 1 is 0.737 bits per heavy atom. The fourth-order valence-corrected chi connectivity index (χ4v) is 4.25. The zero-order valence-corrected chi connectivity index (χ0v) is 20.1. The van der Waals surface area contributed by atoms with Gasteiger partial charge in [0.05, 0.1) is 16.8 Å². The van der Waals surface area contributed by atoms with Crippen molar-refractivity contribution in [2.75, 3.05) is 0 Å². The molecule has 1 unspecified atom stereocenters. The fourth-order valence-electron chi connectivity index (χ4n) is 4.25. The van der Waals surface area contributed by atoms with Gasteiger partial charge in [0, 0.05) is 18.2 Å². The number of nitrogens with zero attached hydrogens (tertiary/aromatic N) is 1. The van der Waals surface area contributed by atoms with Crippen LogP contribution in [0.25, 0.3) is 0 Å². The third-order valence-corrected chi connectivity index (χ3v) is 6.13. The van der Waals surface area contributed by atoms with Gasteiger partial charge in [-0.15, -0.1) is 0 Å². The summed E-state index contributed by atoms with van der Waals surface area (Å²) in [6.45, 7) is 1.78. The van der Waals surface area contributed by atoms with Gasteiger partial charge in [-0.05, 0) is 54.4 Å². The maximum atomic E-state index is 13.7. The van der Waals surface area contributed by atoms with Gasteiger partial charge in [-0.3, -0.25) is 9.78 Å². The fraction of sp³-hybridized carbons (Fsp3) is 0.172. The van der Waals surface area contributed by atoms with Crippen LogP contribution in [0.1, 0.15) is 43.9 Å². The molecule has 1 amide bonds. The van der Waals surface area contributed by atoms with Crippen molar-refractivity contribution in [2.45, 2.75) is 31.2 Å². The van der Waals surface area contributed by atoms with Crippen molar-refractivity contribution >= 4 is 5.91 Å². The topological polar surface area (TPSA) is 42.0 Å². The Balaban J connectivity index is 1.96. The summed E-state index contributed by atoms with van der Waals surface area (Å²) in [7, 11) is 0. The van der Waals surface area contributed by atoms with Crippen LogP contribution in [0.5, 0.6) is 0 Å². The van der Waals surface area contributed by atoms with Crippen LogP contribution in [0, 0.1) is 6.92 Å². The van der Waals surface area contributed by atoms with E-state index < -0.39 is 34.9 Å². The summed E-state index contributed by atoms with van der Waals surface area (Å²) < 4.78 is 81.1. The Hall–Kier alpha value is -4.14. The van der Waals surface area contributed by atoms with Gasteiger partial charge in [0.2, 0.25) is 0 Å². The van der Waals surface area contributed by atoms with Gasteiger partial charge < -0.3 is 5.32 Å². The Kier molecular flexibility index (Phi) is 7.31. The number of amides is 1. The van der Waals surface area contributed by atoms with E-state index >= 15 is 0 Å². The molecule has 3 nitrogen and oxygen atoms in total. The highest BCUT2D eigenvalue weighted by Crippen LogP contribution is 2.38. The number of carbonyl (C=O) groups is 1. The zero-order valence-electron chi connectivity index (χ0n) is 20.1. The lowest BCUT2D eigenvalue weighted by atomic mass is 9.79. The highest BCUT2D eigenvalue weighted by molar-refractivity contribution is 5.95. The SMILES string of the molecule is Cc1cccc(C(=O)NC(Cc2ccccc2)(c2cccc(C(F)(F)F)c2)c2ccc(C(F)(F)F)cn2)c1. The maximum Gasteiger partial charge on any atom is 0.417 e. The number of hydrogen-bond acceptors (Lipinski definition) is 2. The largest absolute Gasteiger partial charge is 0.417 e. The number of nitrogens with one attached hydrogen (secondary N) is 1. The smallest absolute Gasteiger partial charge is 0.337 e. The minimum atomic E-state index is -4.69. The maximum absolute atomic E-state index is 13.7. The van der Waals surface area contributed by atoms with Gasteiger partial charge in [-0.1, -0.05) is 60.2 Å². The van der Waals surface area contributed by atoms with Crippen molar-refractivity contribution in [3.8, 4) is 0 Å². The number of halogens is 6. The molecule has 0 aliphatic rings. The van der Waals surface area contributed by atoms with Gasteiger partial charge >= 0.3 is 12.4 Å². The second-order valence-corrected chi connectivity index (χ2v) is 8.90. The van der Waals surface area contributed by atoms with Gasteiger partial charge in [0.25, 0.3) is 5.91 Å². The van der Waals surface area contributed by atoms with Gasteiger partial charge in [0.15, 0.2) is 0 Å². The molecule has 1 heterocycles. The quantitative estimate of drug-likeness (QED) is 0.266. The molecule has 0 radical (unpaired) electrons. The molecule has 0 aliphatic heterocycles. The van der Waals surface area contributed by atoms with Crippen LogP contribution in [-0.4, -0.2) is 10.9 Å². The van der Waals surface area contributed by atoms with Crippen LogP contribution in [-0.2, 0) is 24.3 Å². The number of rotatable bonds is 6. The summed E-state index contributed by atoms with van der Waals surface area (Å²) in [4.78, 5) is 17.5. The number of alkyl halides is 6. The first-order valence-electron chi connectivity index (χ1n) is 11.5. The van der Waals surface area contributed by atoms with Gasteiger partial charge in [0.1, 0.15) is 5.54 Å². The molecule has 196 valence electrons. The van der Waals surface area contributed by atoms with E-state index in [0.717, 1.165) is 29.8 Å². The number of aryl methyl sites for hydroxylation is 1. The lowest BCUT2D eigenvalue weighted by Crippen LogP contribution is -2.49. The second kappa shape index (κ2) is 10.3. The van der Waals surface area contributed by atoms with Crippen molar-refractivity contribution in [3.63, 3.8) is 0 Å². The molecule has 0 spiro atoms. The molecule has 3 aromatic carbocycles. The van der Waals surface area contributed by atoms with Crippen LogP contribution in [0.4, 0.5) is 26.3 Å². The summed E-state index contributed by atoms with van der Waals surface area (Å²) in [6, 6.07) is 21.4. The van der Waals surface area contributed by atoms with Crippen LogP contribution in [0.2, 0.25) is 0 Å². The van der Waals surface area contributed by atoms with E-state index in [2.05, 4.69) is 10.3 Å². The summed E-state index contributed by atoms with van der Waals surface area (Å²) in [5.41, 5.74) is -2.13. The monoisotopic (exact) mass is 528 g/mol. The highest BCUT2D eigenvalue weighted by Gasteiger charge is 2.41. The van der Waals surface area contributed by atoms with Crippen molar-refractivity contribution in [1.29, 1.82) is 0 Å². The lowest BCUT2D eigenvalue weighted by Gasteiger charge is -2.36. The lowest BCUT2D eigenvalue weighted by molar-refractivity contribution is -0.138. The summed E-state index contributed by atoms with van der Waals surface area (Å²) >= 11 is 0. The van der Waals surface area contributed by atoms with Crippen molar-refractivity contribution in [2.24, 2.45) is 0 Å². The van der Waals surface area contributed by atoms with E-state index in [4.69, 9.17) is 0 Å². The highest BCUT2D eigenvalue weighted by atomic mass is 19.4. The Bertz CT molecular complexity index is 1420. The predicted molar refractivity (Wildman–Crippen MR) is 130 cm³/mol. The predicted octanol–water partition coefficient (Wildman–Crippen LogP) is 7.34. The molecule has 4 aromatic rings. The second-order valence-electron chi connectivity index (χ2n) is 8.90. The number of aromatic nitrogens is 1. The van der Waals surface area contributed by atoms with E-state index in [1.165, 1.54) is 12.1 Å². The first-order chi connectivity index (χ1) is 17.9. The average molecular weight is 528 g/mol. The number of carbonyl (C=O) groups excluding carboxylic acids is 1. The van der Waals surface area contributed by atoms with Gasteiger partial charge in [-0.2, -0.15) is 26.3 Å². The van der Waals surface area contributed by atoms with E-state index in [0.29, 0.717) is 11.8 Å². The molecular weight excluding hydrogens is 506 g/mol. The van der Waals surface area contributed by atoms with E-state index in [9.17, 15) is 31.1 Å². The van der Waals surface area contributed by atoms with Crippen LogP contribution in [0.15, 0.2) is 97.2 Å². The molecule has 1 aromatic heterocycles. The molecule has 1 N–H and O–H groups in total. The van der Waals surface area contributed by atoms with Gasteiger partial charge in [-0.25, -0.2) is 0 Å². The number of hydrogen-bond donors (Lipinski definition) is 1. The summed E-state index contributed by atoms with van der Waals surface area (Å²) in [6.07, 6.45) is -8.83. The standard InChI is InChI=1S/C29H22F6N2O/c1-19-7-5-10-21(15-19)26(38)37-27(17-20-8-3-2-4-9-20,22-11-6-12-23(16-22)28(30,31)32)25-14-13-24(18-36-25)29(33,34)35/h2-16,18H,17H2,1H3,(H,37,38). The normalized spacial score (nSPS) is 13.6. The number of benzene rings is 3. The molecular formula is C29H22F6N2O. The first-order valence-corrected chi connectivity index (χ1v) is 11.5. The Morgan fingerprint density at radius 2 is 1.39 bits per heavy atom. The molecule has 0 saturated heterocycles. The molecule has 1 atom stereocenters. The molecule has 38 heavy (non-hydrogen) atoms. The van der Waals surface area contributed by atoms with E-state index in [1.54, 1.807) is 61.5 Å². The van der Waals surface area contributed by atoms with E-state index in [-0.39, 0.29) is 23.2 Å². The molecule has 0 bridgehead atoms.